The van der Waals surface area contributed by atoms with Gasteiger partial charge in [-0.1, -0.05) is 35.7 Å². The number of benzene rings is 1. The summed E-state index contributed by atoms with van der Waals surface area (Å²) >= 11 is 11.9. The summed E-state index contributed by atoms with van der Waals surface area (Å²) < 4.78 is 27.1. The molecule has 0 spiro atoms. The van der Waals surface area contributed by atoms with Crippen molar-refractivity contribution in [3.63, 3.8) is 0 Å². The van der Waals surface area contributed by atoms with Crippen LogP contribution in [0.4, 0.5) is 0 Å². The van der Waals surface area contributed by atoms with Crippen molar-refractivity contribution in [2.24, 2.45) is 5.92 Å². The number of halogens is 2. The van der Waals surface area contributed by atoms with Crippen LogP contribution in [0.3, 0.4) is 0 Å². The maximum absolute atomic E-state index is 12.9. The minimum absolute atomic E-state index is 0.0450. The smallest absolute Gasteiger partial charge is 0.224 e. The Balaban J connectivity index is 1.51. The van der Waals surface area contributed by atoms with Gasteiger partial charge in [-0.05, 0) is 56.5 Å². The van der Waals surface area contributed by atoms with E-state index in [-0.39, 0.29) is 24.1 Å². The van der Waals surface area contributed by atoms with Crippen LogP contribution in [0.5, 0.6) is 0 Å². The lowest BCUT2D eigenvalue weighted by atomic mass is 9.99. The Morgan fingerprint density at radius 3 is 2.55 bits per heavy atom. The Kier molecular flexibility index (Phi) is 8.22. The first-order valence-corrected chi connectivity index (χ1v) is 12.6. The molecule has 0 bridgehead atoms. The van der Waals surface area contributed by atoms with E-state index in [0.717, 1.165) is 19.6 Å². The molecule has 0 unspecified atom stereocenters. The van der Waals surface area contributed by atoms with Gasteiger partial charge in [-0.2, -0.15) is 0 Å². The number of amides is 1. The van der Waals surface area contributed by atoms with Crippen molar-refractivity contribution >= 4 is 39.1 Å². The molecule has 2 aliphatic rings. The van der Waals surface area contributed by atoms with Crippen LogP contribution in [0, 0.1) is 5.92 Å². The number of rotatable bonds is 7. The molecule has 0 radical (unpaired) electrons. The van der Waals surface area contributed by atoms with E-state index in [9.17, 15) is 13.2 Å². The van der Waals surface area contributed by atoms with Crippen LogP contribution in [-0.4, -0.2) is 62.8 Å². The van der Waals surface area contributed by atoms with E-state index in [2.05, 4.69) is 10.2 Å². The fourth-order valence-electron chi connectivity index (χ4n) is 4.00. The largest absolute Gasteiger partial charge is 0.355 e. The highest BCUT2D eigenvalue weighted by Gasteiger charge is 2.32. The Morgan fingerprint density at radius 2 is 1.83 bits per heavy atom. The number of nitrogens with zero attached hydrogens (tertiary/aromatic N) is 2. The minimum atomic E-state index is -3.53. The summed E-state index contributed by atoms with van der Waals surface area (Å²) in [6.07, 6.45) is 5.14. The molecule has 3 rings (SSSR count). The third-order valence-electron chi connectivity index (χ3n) is 5.66. The van der Waals surface area contributed by atoms with Crippen LogP contribution < -0.4 is 5.32 Å². The highest BCUT2D eigenvalue weighted by atomic mass is 35.5. The molecule has 6 nitrogen and oxygen atoms in total. The van der Waals surface area contributed by atoms with Gasteiger partial charge in [-0.3, -0.25) is 4.79 Å². The monoisotopic (exact) mass is 461 g/mol. The average molecular weight is 462 g/mol. The van der Waals surface area contributed by atoms with E-state index in [1.54, 1.807) is 18.2 Å². The molecule has 1 aromatic rings. The molecule has 0 saturated carbocycles. The third kappa shape index (κ3) is 6.56. The molecule has 9 heteroatoms. The molecule has 162 valence electrons. The molecule has 0 aromatic heterocycles. The number of carbonyl (C=O) groups is 1. The second-order valence-electron chi connectivity index (χ2n) is 7.90. The lowest BCUT2D eigenvalue weighted by molar-refractivity contribution is -0.126. The van der Waals surface area contributed by atoms with Crippen molar-refractivity contribution in [1.82, 2.24) is 14.5 Å². The number of likely N-dealkylation sites (tertiary alicyclic amines) is 1. The van der Waals surface area contributed by atoms with Gasteiger partial charge in [0.2, 0.25) is 15.9 Å². The van der Waals surface area contributed by atoms with E-state index in [1.807, 2.05) is 0 Å². The lowest BCUT2D eigenvalue weighted by Crippen LogP contribution is -2.47. The maximum atomic E-state index is 12.9. The molecular formula is C20H29Cl2N3O3S. The standard InChI is InChI=1S/C20H29Cl2N3O3S/c21-18-7-6-16(13-19(18)22)15-29(27,28)25-11-4-5-17(14-25)20(26)23-8-12-24-9-2-1-3-10-24/h6-7,13,17H,1-5,8-12,14-15H2,(H,23,26)/t17-/m0/s1. The van der Waals surface area contributed by atoms with Crippen molar-refractivity contribution in [3.8, 4) is 0 Å². The fourth-order valence-corrected chi connectivity index (χ4v) is 5.92. The minimum Gasteiger partial charge on any atom is -0.355 e. The van der Waals surface area contributed by atoms with Crippen molar-refractivity contribution in [1.29, 1.82) is 0 Å². The van der Waals surface area contributed by atoms with Gasteiger partial charge < -0.3 is 10.2 Å². The fraction of sp³-hybridized carbons (Fsp3) is 0.650. The Hall–Kier alpha value is -0.860. The second kappa shape index (κ2) is 10.4. The highest BCUT2D eigenvalue weighted by Crippen LogP contribution is 2.26. The predicted octanol–water partition coefficient (Wildman–Crippen LogP) is 3.14. The zero-order valence-electron chi connectivity index (χ0n) is 16.6. The Morgan fingerprint density at radius 1 is 1.07 bits per heavy atom. The van der Waals surface area contributed by atoms with Gasteiger partial charge in [0, 0.05) is 26.2 Å². The van der Waals surface area contributed by atoms with Gasteiger partial charge in [0.15, 0.2) is 0 Å². The molecule has 1 amide bonds. The summed E-state index contributed by atoms with van der Waals surface area (Å²) in [6.45, 7) is 4.35. The molecule has 0 aliphatic carbocycles. The summed E-state index contributed by atoms with van der Waals surface area (Å²) in [5, 5.41) is 3.73. The molecule has 1 aromatic carbocycles. The molecule has 1 N–H and O–H groups in total. The van der Waals surface area contributed by atoms with E-state index >= 15 is 0 Å². The maximum Gasteiger partial charge on any atom is 0.224 e. The molecule has 2 aliphatic heterocycles. The van der Waals surface area contributed by atoms with E-state index in [0.29, 0.717) is 41.5 Å². The first-order valence-electron chi connectivity index (χ1n) is 10.3. The number of nitrogens with one attached hydrogen (secondary N) is 1. The van der Waals surface area contributed by atoms with Crippen LogP contribution in [0.15, 0.2) is 18.2 Å². The van der Waals surface area contributed by atoms with Gasteiger partial charge >= 0.3 is 0 Å². The normalized spacial score (nSPS) is 21.8. The van der Waals surface area contributed by atoms with Gasteiger partial charge in [0.1, 0.15) is 0 Å². The van der Waals surface area contributed by atoms with E-state index in [4.69, 9.17) is 23.2 Å². The summed E-state index contributed by atoms with van der Waals surface area (Å²) in [5.74, 6) is -0.488. The first kappa shape index (κ1) is 22.8. The molecule has 29 heavy (non-hydrogen) atoms. The van der Waals surface area contributed by atoms with Crippen LogP contribution in [0.1, 0.15) is 37.7 Å². The molecular weight excluding hydrogens is 433 g/mol. The van der Waals surface area contributed by atoms with Gasteiger partial charge in [-0.25, -0.2) is 12.7 Å². The first-order chi connectivity index (χ1) is 13.8. The predicted molar refractivity (Wildman–Crippen MR) is 117 cm³/mol. The van der Waals surface area contributed by atoms with Crippen LogP contribution in [0.25, 0.3) is 0 Å². The lowest BCUT2D eigenvalue weighted by Gasteiger charge is -2.31. The van der Waals surface area contributed by atoms with Gasteiger partial charge in [-0.15, -0.1) is 0 Å². The van der Waals surface area contributed by atoms with Crippen molar-refractivity contribution in [3.05, 3.63) is 33.8 Å². The van der Waals surface area contributed by atoms with Crippen LogP contribution >= 0.6 is 23.2 Å². The van der Waals surface area contributed by atoms with Gasteiger partial charge in [0.25, 0.3) is 0 Å². The second-order valence-corrected chi connectivity index (χ2v) is 10.7. The van der Waals surface area contributed by atoms with Gasteiger partial charge in [0.05, 0.1) is 21.7 Å². The average Bonchev–Trinajstić information content (AvgIpc) is 2.71. The zero-order chi connectivity index (χ0) is 20.9. The number of hydrogen-bond acceptors (Lipinski definition) is 4. The molecule has 2 fully saturated rings. The van der Waals surface area contributed by atoms with Crippen molar-refractivity contribution < 1.29 is 13.2 Å². The highest BCUT2D eigenvalue weighted by molar-refractivity contribution is 7.88. The SMILES string of the molecule is O=C(NCCN1CCCCC1)[C@H]1CCCN(S(=O)(=O)Cc2ccc(Cl)c(Cl)c2)C1. The van der Waals surface area contributed by atoms with Crippen molar-refractivity contribution in [2.75, 3.05) is 39.3 Å². The molecule has 1 atom stereocenters. The number of piperidine rings is 2. The zero-order valence-corrected chi connectivity index (χ0v) is 18.9. The quantitative estimate of drug-likeness (QED) is 0.676. The third-order valence-corrected chi connectivity index (χ3v) is 8.21. The summed E-state index contributed by atoms with van der Waals surface area (Å²) in [5.41, 5.74) is 0.590. The summed E-state index contributed by atoms with van der Waals surface area (Å²) in [7, 11) is -3.53. The van der Waals surface area contributed by atoms with E-state index < -0.39 is 10.0 Å². The summed E-state index contributed by atoms with van der Waals surface area (Å²) in [4.78, 5) is 14.9. The summed E-state index contributed by atoms with van der Waals surface area (Å²) in [6, 6.07) is 4.85. The van der Waals surface area contributed by atoms with Crippen LogP contribution in [-0.2, 0) is 20.6 Å². The number of sulfonamides is 1. The Bertz CT molecular complexity index is 813. The number of carbonyl (C=O) groups excluding carboxylic acids is 1. The van der Waals surface area contributed by atoms with E-state index in [1.165, 1.54) is 23.6 Å². The Labute approximate surface area is 183 Å². The van der Waals surface area contributed by atoms with Crippen LogP contribution in [0.2, 0.25) is 10.0 Å². The molecule has 2 saturated heterocycles. The topological polar surface area (TPSA) is 69.7 Å². The molecule has 2 heterocycles. The number of hydrogen-bond donors (Lipinski definition) is 1. The van der Waals surface area contributed by atoms with Crippen molar-refractivity contribution in [2.45, 2.75) is 37.9 Å².